The molecule has 4 rings (SSSR count). The molecule has 1 atom stereocenters. The molecule has 1 aliphatic rings. The van der Waals surface area contributed by atoms with Crippen molar-refractivity contribution in [1.29, 1.82) is 0 Å². The van der Waals surface area contributed by atoms with E-state index < -0.39 is 17.5 Å². The lowest BCUT2D eigenvalue weighted by molar-refractivity contribution is -0.153. The minimum Gasteiger partial charge on any atom is -0.497 e. The van der Waals surface area contributed by atoms with Crippen molar-refractivity contribution in [2.45, 2.75) is 44.6 Å². The average molecular weight is 506 g/mol. The average Bonchev–Trinajstić information content (AvgIpc) is 2.91. The van der Waals surface area contributed by atoms with Crippen LogP contribution in [0.2, 0.25) is 0 Å². The van der Waals surface area contributed by atoms with Gasteiger partial charge in [0.05, 0.1) is 36.0 Å². The summed E-state index contributed by atoms with van der Waals surface area (Å²) < 4.78 is 5.42. The third-order valence-corrected chi connectivity index (χ3v) is 7.86. The third-order valence-electron chi connectivity index (χ3n) is 7.86. The zero-order valence-electron chi connectivity index (χ0n) is 22.2. The number of aliphatic hydroxyl groups is 1. The van der Waals surface area contributed by atoms with E-state index >= 15 is 0 Å². The lowest BCUT2D eigenvalue weighted by Crippen LogP contribution is -2.44. The van der Waals surface area contributed by atoms with Crippen LogP contribution in [-0.4, -0.2) is 66.9 Å². The van der Waals surface area contributed by atoms with Gasteiger partial charge in [0.25, 0.3) is 0 Å². The number of hydrogen-bond donors (Lipinski definition) is 2. The molecule has 2 heterocycles. The number of ether oxygens (including phenoxy) is 1. The van der Waals surface area contributed by atoms with Crippen molar-refractivity contribution in [2.24, 2.45) is 5.41 Å². The van der Waals surface area contributed by atoms with Gasteiger partial charge in [-0.05, 0) is 81.9 Å². The molecule has 1 fully saturated rings. The Bertz CT molecular complexity index is 1190. The van der Waals surface area contributed by atoms with Crippen LogP contribution in [0.1, 0.15) is 49.3 Å². The number of pyridine rings is 1. The van der Waals surface area contributed by atoms with Gasteiger partial charge in [-0.3, -0.25) is 9.78 Å². The maximum Gasteiger partial charge on any atom is 0.309 e. The van der Waals surface area contributed by atoms with Gasteiger partial charge in [-0.15, -0.1) is 0 Å². The number of aliphatic carboxylic acids is 1. The topological polar surface area (TPSA) is 86.1 Å². The quantitative estimate of drug-likeness (QED) is 0.382. The van der Waals surface area contributed by atoms with Crippen molar-refractivity contribution in [2.75, 3.05) is 45.7 Å². The third kappa shape index (κ3) is 6.22. The number of likely N-dealkylation sites (tertiary alicyclic amines) is 1. The maximum atomic E-state index is 12.5. The molecule has 37 heavy (non-hydrogen) atoms. The van der Waals surface area contributed by atoms with E-state index in [0.29, 0.717) is 31.4 Å². The summed E-state index contributed by atoms with van der Waals surface area (Å²) >= 11 is 0. The highest BCUT2D eigenvalue weighted by molar-refractivity contribution is 5.88. The Morgan fingerprint density at radius 1 is 1.16 bits per heavy atom. The smallest absolute Gasteiger partial charge is 0.309 e. The molecule has 0 radical (unpaired) electrons. The number of aromatic nitrogens is 1. The second-order valence-electron chi connectivity index (χ2n) is 10.4. The molecule has 198 valence electrons. The molecule has 7 nitrogen and oxygen atoms in total. The molecule has 0 spiro atoms. The summed E-state index contributed by atoms with van der Waals surface area (Å²) in [5.41, 5.74) is 2.90. The summed E-state index contributed by atoms with van der Waals surface area (Å²) in [5.74, 6) is -0.0574. The molecule has 7 heteroatoms. The van der Waals surface area contributed by atoms with Crippen molar-refractivity contribution in [3.05, 3.63) is 65.9 Å². The number of carboxylic acid groups (broad SMARTS) is 1. The van der Waals surface area contributed by atoms with Crippen LogP contribution in [0.15, 0.2) is 54.7 Å². The Labute approximate surface area is 219 Å². The highest BCUT2D eigenvalue weighted by Gasteiger charge is 2.41. The maximum absolute atomic E-state index is 12.5. The van der Waals surface area contributed by atoms with Crippen LogP contribution in [0.5, 0.6) is 5.75 Å². The highest BCUT2D eigenvalue weighted by Crippen LogP contribution is 2.41. The van der Waals surface area contributed by atoms with Gasteiger partial charge in [0.2, 0.25) is 0 Å². The lowest BCUT2D eigenvalue weighted by Gasteiger charge is -2.39. The number of carboxylic acids is 1. The van der Waals surface area contributed by atoms with Gasteiger partial charge in [-0.25, -0.2) is 0 Å². The Balaban J connectivity index is 1.43. The normalized spacial score (nSPS) is 16.4. The molecule has 0 saturated carbocycles. The van der Waals surface area contributed by atoms with Gasteiger partial charge >= 0.3 is 5.97 Å². The molecular formula is C30H39N3O4. The number of piperidine rings is 1. The van der Waals surface area contributed by atoms with E-state index in [1.165, 1.54) is 5.56 Å². The van der Waals surface area contributed by atoms with Gasteiger partial charge in [0.15, 0.2) is 0 Å². The number of methoxy groups -OCH3 is 1. The molecule has 1 aliphatic heterocycles. The number of fused-ring (bicyclic) bond motifs is 1. The second kappa shape index (κ2) is 11.9. The molecule has 1 aromatic heterocycles. The van der Waals surface area contributed by atoms with Crippen molar-refractivity contribution >= 4 is 22.6 Å². The number of aliphatic hydroxyl groups excluding tert-OH is 1. The van der Waals surface area contributed by atoms with Crippen LogP contribution < -0.4 is 9.64 Å². The minimum absolute atomic E-state index is 0.372. The molecule has 3 aromatic rings. The summed E-state index contributed by atoms with van der Waals surface area (Å²) in [6.45, 7) is 2.52. The van der Waals surface area contributed by atoms with E-state index in [4.69, 9.17) is 4.74 Å². The highest BCUT2D eigenvalue weighted by atomic mass is 16.5. The first kappa shape index (κ1) is 26.9. The minimum atomic E-state index is -0.810. The lowest BCUT2D eigenvalue weighted by atomic mass is 9.74. The zero-order chi connectivity index (χ0) is 26.4. The summed E-state index contributed by atoms with van der Waals surface area (Å²) in [6, 6.07) is 16.1. The standard InChI is InChI=1S/C30H39N3O4/c1-32(2)26-21-31-25-12-11-23(37-3)20-24(25)28(26)27(34)13-14-30(29(35)36)15-18-33(19-16-30)17-7-10-22-8-5-4-6-9-22/h4-6,8-9,11-12,20-21,27,34H,7,10,13-19H2,1-3H3,(H,35,36)/t27-/m0/s1. The fourth-order valence-electron chi connectivity index (χ4n) is 5.50. The molecule has 1 saturated heterocycles. The monoisotopic (exact) mass is 505 g/mol. The van der Waals surface area contributed by atoms with E-state index in [9.17, 15) is 15.0 Å². The van der Waals surface area contributed by atoms with Crippen molar-refractivity contribution in [3.8, 4) is 5.75 Å². The number of aryl methyl sites for hydroxylation is 1. The number of hydrogen-bond acceptors (Lipinski definition) is 6. The molecule has 0 amide bonds. The first-order valence-corrected chi connectivity index (χ1v) is 13.1. The number of benzene rings is 2. The van der Waals surface area contributed by atoms with Gasteiger partial charge in [0, 0.05) is 25.0 Å². The first-order chi connectivity index (χ1) is 17.8. The van der Waals surface area contributed by atoms with Gasteiger partial charge in [0.1, 0.15) is 5.75 Å². The van der Waals surface area contributed by atoms with E-state index in [1.54, 1.807) is 13.3 Å². The Kier molecular flexibility index (Phi) is 8.67. The van der Waals surface area contributed by atoms with Crippen molar-refractivity contribution in [3.63, 3.8) is 0 Å². The van der Waals surface area contributed by atoms with Crippen molar-refractivity contribution in [1.82, 2.24) is 9.88 Å². The summed E-state index contributed by atoms with van der Waals surface area (Å²) in [7, 11) is 5.46. The predicted octanol–water partition coefficient (Wildman–Crippen LogP) is 4.92. The molecule has 0 aliphatic carbocycles. The Morgan fingerprint density at radius 2 is 1.89 bits per heavy atom. The van der Waals surface area contributed by atoms with Crippen LogP contribution in [0.25, 0.3) is 10.9 Å². The summed E-state index contributed by atoms with van der Waals surface area (Å²) in [4.78, 5) is 21.3. The fourth-order valence-corrected chi connectivity index (χ4v) is 5.50. The summed E-state index contributed by atoms with van der Waals surface area (Å²) in [5, 5.41) is 22.5. The van der Waals surface area contributed by atoms with E-state index in [0.717, 1.165) is 54.6 Å². The SMILES string of the molecule is COc1ccc2ncc(N(C)C)c([C@@H](O)CCC3(C(=O)O)CCN(CCCc4ccccc4)CC3)c2c1. The van der Waals surface area contributed by atoms with E-state index in [-0.39, 0.29) is 0 Å². The molecule has 2 aromatic carbocycles. The fraction of sp³-hybridized carbons (Fsp3) is 0.467. The van der Waals surface area contributed by atoms with Crippen molar-refractivity contribution < 1.29 is 19.7 Å². The summed E-state index contributed by atoms with van der Waals surface area (Å²) in [6.07, 6.45) is 5.07. The van der Waals surface area contributed by atoms with Crippen LogP contribution >= 0.6 is 0 Å². The largest absolute Gasteiger partial charge is 0.497 e. The molecular weight excluding hydrogens is 466 g/mol. The predicted molar refractivity (Wildman–Crippen MR) is 147 cm³/mol. The van der Waals surface area contributed by atoms with E-state index in [2.05, 4.69) is 34.1 Å². The second-order valence-corrected chi connectivity index (χ2v) is 10.4. The van der Waals surface area contributed by atoms with Gasteiger partial charge in [-0.2, -0.15) is 0 Å². The zero-order valence-corrected chi connectivity index (χ0v) is 22.2. The van der Waals surface area contributed by atoms with Gasteiger partial charge < -0.3 is 24.7 Å². The first-order valence-electron chi connectivity index (χ1n) is 13.1. The molecule has 0 unspecified atom stereocenters. The Morgan fingerprint density at radius 3 is 2.54 bits per heavy atom. The van der Waals surface area contributed by atoms with Gasteiger partial charge in [-0.1, -0.05) is 30.3 Å². The number of nitrogens with zero attached hydrogens (tertiary/aromatic N) is 3. The number of rotatable bonds is 11. The number of carbonyl (C=O) groups is 1. The van der Waals surface area contributed by atoms with E-state index in [1.807, 2.05) is 43.3 Å². The molecule has 0 bridgehead atoms. The Hall–Kier alpha value is -3.16. The van der Waals surface area contributed by atoms with Crippen LogP contribution in [-0.2, 0) is 11.2 Å². The number of anilines is 1. The van der Waals surface area contributed by atoms with Crippen LogP contribution in [0.4, 0.5) is 5.69 Å². The molecule has 2 N–H and O–H groups in total. The van der Waals surface area contributed by atoms with Crippen LogP contribution in [0, 0.1) is 5.41 Å². The van der Waals surface area contributed by atoms with Crippen LogP contribution in [0.3, 0.4) is 0 Å².